The quantitative estimate of drug-likeness (QED) is 0.264. The third kappa shape index (κ3) is 8.09. The first-order valence-electron chi connectivity index (χ1n) is 13.6. The summed E-state index contributed by atoms with van der Waals surface area (Å²) in [5.41, 5.74) is 3.82. The van der Waals surface area contributed by atoms with E-state index in [2.05, 4.69) is 21.2 Å². The van der Waals surface area contributed by atoms with Gasteiger partial charge >= 0.3 is 0 Å². The van der Waals surface area contributed by atoms with Gasteiger partial charge in [-0.3, -0.25) is 9.59 Å². The highest BCUT2D eigenvalue weighted by Gasteiger charge is 2.32. The molecule has 0 spiro atoms. The summed E-state index contributed by atoms with van der Waals surface area (Å²) in [5.74, 6) is 0.208. The molecule has 2 amide bonds. The predicted molar refractivity (Wildman–Crippen MR) is 160 cm³/mol. The lowest BCUT2D eigenvalue weighted by Gasteiger charge is -2.33. The van der Waals surface area contributed by atoms with Gasteiger partial charge in [0.2, 0.25) is 5.91 Å². The molecule has 1 saturated carbocycles. The molecule has 0 saturated heterocycles. The van der Waals surface area contributed by atoms with Gasteiger partial charge in [-0.05, 0) is 67.1 Å². The van der Waals surface area contributed by atoms with Gasteiger partial charge in [-0.15, -0.1) is 0 Å². The van der Waals surface area contributed by atoms with E-state index in [-0.39, 0.29) is 31.0 Å². The molecule has 3 aromatic rings. The average Bonchev–Trinajstić information content (AvgIpc) is 2.94. The van der Waals surface area contributed by atoms with Crippen LogP contribution in [-0.4, -0.2) is 35.4 Å². The Bertz CT molecular complexity index is 1250. The zero-order valence-corrected chi connectivity index (χ0v) is 24.9. The smallest absolute Gasteiger partial charge is 0.261 e. The first-order valence-corrected chi connectivity index (χ1v) is 14.8. The number of aryl methyl sites for hydroxylation is 2. The zero-order chi connectivity index (χ0) is 27.8. The zero-order valence-electron chi connectivity index (χ0n) is 22.6. The van der Waals surface area contributed by atoms with Crippen molar-refractivity contribution >= 4 is 39.3 Å². The molecule has 1 unspecified atom stereocenters. The molecule has 5 nitrogen and oxygen atoms in total. The molecule has 0 aliphatic heterocycles. The van der Waals surface area contributed by atoms with Crippen molar-refractivity contribution in [1.29, 1.82) is 0 Å². The van der Waals surface area contributed by atoms with Crippen molar-refractivity contribution in [3.8, 4) is 5.75 Å². The van der Waals surface area contributed by atoms with Crippen molar-refractivity contribution < 1.29 is 14.3 Å². The molecule has 39 heavy (non-hydrogen) atoms. The number of nitrogens with zero attached hydrogens (tertiary/aromatic N) is 1. The number of nitrogens with one attached hydrogen (secondary N) is 1. The number of ether oxygens (including phenoxy) is 1. The molecule has 1 N–H and O–H groups in total. The highest BCUT2D eigenvalue weighted by atomic mass is 79.9. The van der Waals surface area contributed by atoms with E-state index in [4.69, 9.17) is 16.3 Å². The highest BCUT2D eigenvalue weighted by Crippen LogP contribution is 2.27. The first kappa shape index (κ1) is 29.2. The minimum Gasteiger partial charge on any atom is -0.484 e. The Morgan fingerprint density at radius 3 is 2.31 bits per heavy atom. The second-order valence-corrected chi connectivity index (χ2v) is 11.5. The summed E-state index contributed by atoms with van der Waals surface area (Å²) in [6.45, 7) is 3.99. The van der Waals surface area contributed by atoms with E-state index in [9.17, 15) is 9.59 Å². The van der Waals surface area contributed by atoms with E-state index in [1.54, 1.807) is 11.0 Å². The van der Waals surface area contributed by atoms with Crippen LogP contribution in [0.5, 0.6) is 5.75 Å². The third-order valence-corrected chi connectivity index (χ3v) is 8.91. The average molecular weight is 612 g/mol. The highest BCUT2D eigenvalue weighted by molar-refractivity contribution is 9.10. The van der Waals surface area contributed by atoms with Crippen molar-refractivity contribution in [3.63, 3.8) is 0 Å². The normalized spacial score (nSPS) is 14.5. The van der Waals surface area contributed by atoms with E-state index in [0.29, 0.717) is 17.2 Å². The van der Waals surface area contributed by atoms with E-state index in [1.165, 1.54) is 6.42 Å². The second kappa shape index (κ2) is 14.0. The molecule has 7 heteroatoms. The summed E-state index contributed by atoms with van der Waals surface area (Å²) in [4.78, 5) is 29.3. The molecule has 1 aliphatic carbocycles. The summed E-state index contributed by atoms with van der Waals surface area (Å²) in [5, 5.41) is 3.82. The van der Waals surface area contributed by atoms with Gasteiger partial charge < -0.3 is 15.0 Å². The summed E-state index contributed by atoms with van der Waals surface area (Å²) >= 11 is 10.1. The number of carbonyl (C=O) groups excluding carboxylic acids is 2. The van der Waals surface area contributed by atoms with Crippen LogP contribution in [0.15, 0.2) is 71.2 Å². The fourth-order valence-electron chi connectivity index (χ4n) is 5.13. The topological polar surface area (TPSA) is 58.6 Å². The Balaban J connectivity index is 1.63. The Morgan fingerprint density at radius 1 is 1.00 bits per heavy atom. The molecule has 0 aromatic heterocycles. The summed E-state index contributed by atoms with van der Waals surface area (Å²) < 4.78 is 7.00. The molecular weight excluding hydrogens is 576 g/mol. The van der Waals surface area contributed by atoms with Gasteiger partial charge in [0.25, 0.3) is 5.91 Å². The summed E-state index contributed by atoms with van der Waals surface area (Å²) in [6.07, 6.45) is 5.74. The molecule has 1 atom stereocenters. The first-order chi connectivity index (χ1) is 18.8. The Hall–Kier alpha value is -2.83. The van der Waals surface area contributed by atoms with Gasteiger partial charge in [0.15, 0.2) is 6.61 Å². The maximum Gasteiger partial charge on any atom is 0.261 e. The predicted octanol–water partition coefficient (Wildman–Crippen LogP) is 7.19. The minimum absolute atomic E-state index is 0.131. The molecule has 0 bridgehead atoms. The number of hydrogen-bond donors (Lipinski definition) is 1. The van der Waals surface area contributed by atoms with E-state index >= 15 is 0 Å². The van der Waals surface area contributed by atoms with Gasteiger partial charge in [-0.1, -0.05) is 95.3 Å². The lowest BCUT2D eigenvalue weighted by Crippen LogP contribution is -2.53. The van der Waals surface area contributed by atoms with E-state index < -0.39 is 6.04 Å². The van der Waals surface area contributed by atoms with Crippen molar-refractivity contribution in [2.24, 2.45) is 0 Å². The van der Waals surface area contributed by atoms with Gasteiger partial charge in [0, 0.05) is 28.5 Å². The number of halogens is 2. The summed E-state index contributed by atoms with van der Waals surface area (Å²) in [6, 6.07) is 20.5. The van der Waals surface area contributed by atoms with Crippen molar-refractivity contribution in [1.82, 2.24) is 10.2 Å². The number of hydrogen-bond acceptors (Lipinski definition) is 3. The number of amides is 2. The van der Waals surface area contributed by atoms with Gasteiger partial charge in [0.05, 0.1) is 0 Å². The minimum atomic E-state index is -0.713. The molecule has 1 aliphatic rings. The van der Waals surface area contributed by atoms with Crippen molar-refractivity contribution in [2.75, 3.05) is 6.61 Å². The molecule has 4 rings (SSSR count). The largest absolute Gasteiger partial charge is 0.484 e. The lowest BCUT2D eigenvalue weighted by atomic mass is 9.94. The Kier molecular flexibility index (Phi) is 10.5. The van der Waals surface area contributed by atoms with Crippen LogP contribution < -0.4 is 10.1 Å². The van der Waals surface area contributed by atoms with Crippen LogP contribution in [0.3, 0.4) is 0 Å². The van der Waals surface area contributed by atoms with Crippen LogP contribution in [0.1, 0.15) is 54.4 Å². The standard InChI is InChI=1S/C32H36BrClN2O3/c1-22-17-27(18-23(2)31(22)33)39-21-30(37)36(20-25-13-9-10-16-28(25)34)29(19-24-11-5-3-6-12-24)32(38)35-26-14-7-4-8-15-26/h3,5-6,9-13,16-18,26,29H,4,7-8,14-15,19-21H2,1-2H3,(H,35,38). The number of benzene rings is 3. The van der Waals surface area contributed by atoms with Crippen LogP contribution >= 0.6 is 27.5 Å². The molecule has 0 radical (unpaired) electrons. The molecule has 0 heterocycles. The van der Waals surface area contributed by atoms with Crippen molar-refractivity contribution in [2.45, 2.75) is 71.0 Å². The van der Waals surface area contributed by atoms with Gasteiger partial charge in [-0.2, -0.15) is 0 Å². The second-order valence-electron chi connectivity index (χ2n) is 10.3. The SMILES string of the molecule is Cc1cc(OCC(=O)N(Cc2ccccc2Cl)C(Cc2ccccc2)C(=O)NC2CCCCC2)cc(C)c1Br. The Labute approximate surface area is 245 Å². The van der Waals surface area contributed by atoms with Gasteiger partial charge in [0.1, 0.15) is 11.8 Å². The van der Waals surface area contributed by atoms with Crippen LogP contribution in [-0.2, 0) is 22.6 Å². The van der Waals surface area contributed by atoms with Crippen molar-refractivity contribution in [3.05, 3.63) is 98.5 Å². The van der Waals surface area contributed by atoms with Crippen LogP contribution in [0.4, 0.5) is 0 Å². The number of rotatable bonds is 10. The van der Waals surface area contributed by atoms with Gasteiger partial charge in [-0.25, -0.2) is 0 Å². The van der Waals surface area contributed by atoms with Crippen LogP contribution in [0, 0.1) is 13.8 Å². The van der Waals surface area contributed by atoms with E-state index in [1.807, 2.05) is 74.5 Å². The van der Waals surface area contributed by atoms with Crippen LogP contribution in [0.2, 0.25) is 5.02 Å². The monoisotopic (exact) mass is 610 g/mol. The molecule has 206 valence electrons. The molecule has 1 fully saturated rings. The van der Waals surface area contributed by atoms with Crippen LogP contribution in [0.25, 0.3) is 0 Å². The molecular formula is C32H36BrClN2O3. The number of carbonyl (C=O) groups is 2. The maximum absolute atomic E-state index is 13.9. The fraction of sp³-hybridized carbons (Fsp3) is 0.375. The molecule has 3 aromatic carbocycles. The third-order valence-electron chi connectivity index (χ3n) is 7.29. The lowest BCUT2D eigenvalue weighted by molar-refractivity contribution is -0.143. The van der Waals surface area contributed by atoms with E-state index in [0.717, 1.165) is 52.4 Å². The fourth-order valence-corrected chi connectivity index (χ4v) is 5.55. The Morgan fingerprint density at radius 2 is 1.64 bits per heavy atom. The maximum atomic E-state index is 13.9. The summed E-state index contributed by atoms with van der Waals surface area (Å²) in [7, 11) is 0.